The van der Waals surface area contributed by atoms with Gasteiger partial charge in [0.2, 0.25) is 5.91 Å². The van der Waals surface area contributed by atoms with Crippen molar-refractivity contribution in [2.24, 2.45) is 5.92 Å². The number of benzene rings is 1. The highest BCUT2D eigenvalue weighted by Crippen LogP contribution is 2.28. The zero-order valence-corrected chi connectivity index (χ0v) is 19.7. The van der Waals surface area contributed by atoms with Gasteiger partial charge in [-0.1, -0.05) is 31.9 Å². The van der Waals surface area contributed by atoms with E-state index in [0.29, 0.717) is 5.69 Å². The van der Waals surface area contributed by atoms with Crippen molar-refractivity contribution in [3.05, 3.63) is 61.7 Å². The van der Waals surface area contributed by atoms with Gasteiger partial charge in [0.05, 0.1) is 23.2 Å². The van der Waals surface area contributed by atoms with E-state index in [-0.39, 0.29) is 48.5 Å². The van der Waals surface area contributed by atoms with E-state index in [4.69, 9.17) is 14.2 Å². The van der Waals surface area contributed by atoms with E-state index in [1.54, 1.807) is 0 Å². The SMILES string of the molecule is C=CCOC(=O)c1ccc(NC(=O)[C@@H]2C[C@H](C(=O)OC(C=C)SC(C)=O)CN2)c(OCC=C)c1. The second-order valence-corrected chi connectivity index (χ2v) is 8.51. The molecule has 2 rings (SSSR count). The van der Waals surface area contributed by atoms with Crippen LogP contribution in [-0.2, 0) is 23.9 Å². The highest BCUT2D eigenvalue weighted by molar-refractivity contribution is 8.14. The van der Waals surface area contributed by atoms with Crippen LogP contribution in [0.4, 0.5) is 5.69 Å². The van der Waals surface area contributed by atoms with E-state index in [0.717, 1.165) is 11.8 Å². The minimum atomic E-state index is -0.779. The lowest BCUT2D eigenvalue weighted by molar-refractivity contribution is -0.147. The number of thioether (sulfide) groups is 1. The van der Waals surface area contributed by atoms with Crippen LogP contribution in [0.25, 0.3) is 0 Å². The van der Waals surface area contributed by atoms with Gasteiger partial charge in [0.25, 0.3) is 0 Å². The summed E-state index contributed by atoms with van der Waals surface area (Å²) >= 11 is 0.853. The van der Waals surface area contributed by atoms with Crippen LogP contribution in [0.2, 0.25) is 0 Å². The first kappa shape index (κ1) is 26.9. The Bertz CT molecular complexity index is 963. The van der Waals surface area contributed by atoms with Crippen LogP contribution in [0.3, 0.4) is 0 Å². The molecule has 0 bridgehead atoms. The lowest BCUT2D eigenvalue weighted by Gasteiger charge is -2.16. The number of hydrogen-bond donors (Lipinski definition) is 2. The van der Waals surface area contributed by atoms with Crippen molar-refractivity contribution in [1.82, 2.24) is 5.32 Å². The zero-order valence-electron chi connectivity index (χ0n) is 18.9. The smallest absolute Gasteiger partial charge is 0.338 e. The molecule has 1 unspecified atom stereocenters. The molecule has 3 atom stereocenters. The molecule has 0 spiro atoms. The standard InChI is InChI=1S/C24H28N2O7S/c1-5-10-31-20-13-16(23(29)32-11-6-2)8-9-18(20)26-22(28)19-12-17(14-25-19)24(30)33-21(7-3)34-15(4)27/h5-9,13,17,19,21,25H,1-3,10-12,14H2,4H3,(H,26,28)/t17-,19-,21?/m0/s1. The first-order valence-electron chi connectivity index (χ1n) is 10.5. The van der Waals surface area contributed by atoms with E-state index in [1.807, 2.05) is 0 Å². The molecule has 1 aromatic carbocycles. The minimum absolute atomic E-state index is 0.0676. The molecule has 9 nitrogen and oxygen atoms in total. The number of hydrogen-bond acceptors (Lipinski definition) is 9. The average molecular weight is 489 g/mol. The first-order valence-corrected chi connectivity index (χ1v) is 11.4. The van der Waals surface area contributed by atoms with E-state index in [9.17, 15) is 19.2 Å². The molecule has 1 saturated heterocycles. The van der Waals surface area contributed by atoms with Gasteiger partial charge in [-0.3, -0.25) is 14.4 Å². The fourth-order valence-electron chi connectivity index (χ4n) is 3.07. The first-order chi connectivity index (χ1) is 16.3. The molecule has 1 aliphatic heterocycles. The fraction of sp³-hybridized carbons (Fsp3) is 0.333. The average Bonchev–Trinajstić information content (AvgIpc) is 3.31. The quantitative estimate of drug-likeness (QED) is 0.260. The van der Waals surface area contributed by atoms with Crippen LogP contribution in [0.1, 0.15) is 23.7 Å². The molecule has 182 valence electrons. The molecule has 1 aromatic rings. The summed E-state index contributed by atoms with van der Waals surface area (Å²) in [6.45, 7) is 12.5. The molecule has 10 heteroatoms. The fourth-order valence-corrected chi connectivity index (χ4v) is 3.63. The number of ether oxygens (including phenoxy) is 3. The maximum absolute atomic E-state index is 12.8. The largest absolute Gasteiger partial charge is 0.487 e. The summed E-state index contributed by atoms with van der Waals surface area (Å²) in [5, 5.41) is 5.56. The van der Waals surface area contributed by atoms with E-state index >= 15 is 0 Å². The third kappa shape index (κ3) is 7.89. The Kier molecular flexibility index (Phi) is 10.6. The Labute approximate surface area is 202 Å². The van der Waals surface area contributed by atoms with Crippen LogP contribution in [0, 0.1) is 5.92 Å². The Morgan fingerprint density at radius 2 is 1.94 bits per heavy atom. The number of nitrogens with one attached hydrogen (secondary N) is 2. The number of amides is 1. The Morgan fingerprint density at radius 1 is 1.21 bits per heavy atom. The predicted molar refractivity (Wildman–Crippen MR) is 129 cm³/mol. The molecule has 0 aliphatic carbocycles. The number of carbonyl (C=O) groups is 4. The van der Waals surface area contributed by atoms with Crippen molar-refractivity contribution in [3.8, 4) is 5.75 Å². The number of carbonyl (C=O) groups excluding carboxylic acids is 4. The normalized spacial score (nSPS) is 17.7. The van der Waals surface area contributed by atoms with Crippen LogP contribution >= 0.6 is 11.8 Å². The van der Waals surface area contributed by atoms with E-state index in [2.05, 4.69) is 30.4 Å². The van der Waals surface area contributed by atoms with Gasteiger partial charge in [0.1, 0.15) is 19.0 Å². The van der Waals surface area contributed by atoms with Gasteiger partial charge in [-0.2, -0.15) is 0 Å². The van der Waals surface area contributed by atoms with Crippen molar-refractivity contribution in [2.45, 2.75) is 24.8 Å². The third-order valence-electron chi connectivity index (χ3n) is 4.65. The number of anilines is 1. The molecule has 0 saturated carbocycles. The van der Waals surface area contributed by atoms with Gasteiger partial charge >= 0.3 is 11.9 Å². The van der Waals surface area contributed by atoms with Crippen LogP contribution in [0.15, 0.2) is 56.2 Å². The Balaban J connectivity index is 2.04. The zero-order chi connectivity index (χ0) is 25.1. The summed E-state index contributed by atoms with van der Waals surface area (Å²) in [5.74, 6) is -1.73. The highest BCUT2D eigenvalue weighted by Gasteiger charge is 2.35. The van der Waals surface area contributed by atoms with Crippen LogP contribution in [0.5, 0.6) is 5.75 Å². The minimum Gasteiger partial charge on any atom is -0.487 e. The van der Waals surface area contributed by atoms with Crippen LogP contribution in [-0.4, -0.2) is 54.2 Å². The summed E-state index contributed by atoms with van der Waals surface area (Å²) in [7, 11) is 0. The summed E-state index contributed by atoms with van der Waals surface area (Å²) in [5.41, 5.74) is -0.176. The molecule has 0 aromatic heterocycles. The summed E-state index contributed by atoms with van der Waals surface area (Å²) in [6.07, 6.45) is 4.58. The van der Waals surface area contributed by atoms with Crippen molar-refractivity contribution >= 4 is 40.4 Å². The van der Waals surface area contributed by atoms with Gasteiger partial charge in [-0.05, 0) is 42.5 Å². The second kappa shape index (κ2) is 13.4. The monoisotopic (exact) mass is 488 g/mol. The maximum Gasteiger partial charge on any atom is 0.338 e. The number of rotatable bonds is 12. The van der Waals surface area contributed by atoms with Gasteiger partial charge in [0.15, 0.2) is 10.6 Å². The topological polar surface area (TPSA) is 120 Å². The molecule has 1 fully saturated rings. The molecular formula is C24H28N2O7S. The summed E-state index contributed by atoms with van der Waals surface area (Å²) in [6, 6.07) is 3.86. The van der Waals surface area contributed by atoms with E-state index in [1.165, 1.54) is 43.4 Å². The van der Waals surface area contributed by atoms with Gasteiger partial charge < -0.3 is 24.8 Å². The molecule has 2 N–H and O–H groups in total. The van der Waals surface area contributed by atoms with Gasteiger partial charge in [0, 0.05) is 13.5 Å². The molecular weight excluding hydrogens is 460 g/mol. The lowest BCUT2D eigenvalue weighted by Crippen LogP contribution is -2.35. The Hall–Kier alpha value is -3.37. The number of esters is 2. The van der Waals surface area contributed by atoms with Crippen LogP contribution < -0.4 is 15.4 Å². The molecule has 1 aliphatic rings. The summed E-state index contributed by atoms with van der Waals surface area (Å²) < 4.78 is 15.9. The van der Waals surface area contributed by atoms with Crippen molar-refractivity contribution < 1.29 is 33.4 Å². The van der Waals surface area contributed by atoms with Gasteiger partial charge in [-0.25, -0.2) is 4.79 Å². The van der Waals surface area contributed by atoms with Crippen molar-refractivity contribution in [3.63, 3.8) is 0 Å². The molecule has 0 radical (unpaired) electrons. The summed E-state index contributed by atoms with van der Waals surface area (Å²) in [4.78, 5) is 48.6. The lowest BCUT2D eigenvalue weighted by atomic mass is 10.1. The second-order valence-electron chi connectivity index (χ2n) is 7.23. The molecule has 1 heterocycles. The molecule has 34 heavy (non-hydrogen) atoms. The Morgan fingerprint density at radius 3 is 2.59 bits per heavy atom. The maximum atomic E-state index is 12.8. The third-order valence-corrected chi connectivity index (χ3v) is 5.50. The van der Waals surface area contributed by atoms with E-state index < -0.39 is 29.3 Å². The van der Waals surface area contributed by atoms with Crippen molar-refractivity contribution in [2.75, 3.05) is 25.1 Å². The molecule has 1 amide bonds. The highest BCUT2D eigenvalue weighted by atomic mass is 32.2. The van der Waals surface area contributed by atoms with Crippen molar-refractivity contribution in [1.29, 1.82) is 0 Å². The predicted octanol–water partition coefficient (Wildman–Crippen LogP) is 2.85. The van der Waals surface area contributed by atoms with Gasteiger partial charge in [-0.15, -0.1) is 0 Å².